The van der Waals surface area contributed by atoms with Crippen LogP contribution in [0.4, 0.5) is 5.95 Å². The highest BCUT2D eigenvalue weighted by molar-refractivity contribution is 7.20. The molecule has 0 saturated carbocycles. The number of nitrogens with zero attached hydrogens (tertiary/aromatic N) is 6. The number of amides is 1. The fourth-order valence-electron chi connectivity index (χ4n) is 3.98. The number of ether oxygens (including phenoxy) is 1. The molecule has 3 aromatic heterocycles. The van der Waals surface area contributed by atoms with Gasteiger partial charge in [-0.2, -0.15) is 10.1 Å². The van der Waals surface area contributed by atoms with Gasteiger partial charge in [0.05, 0.1) is 24.2 Å². The van der Waals surface area contributed by atoms with Crippen molar-refractivity contribution < 1.29 is 9.53 Å². The van der Waals surface area contributed by atoms with Crippen molar-refractivity contribution in [2.24, 2.45) is 0 Å². The van der Waals surface area contributed by atoms with Gasteiger partial charge in [-0.05, 0) is 24.6 Å². The minimum atomic E-state index is 0.0473. The zero-order valence-electron chi connectivity index (χ0n) is 18.4. The van der Waals surface area contributed by atoms with Gasteiger partial charge in [-0.15, -0.1) is 11.3 Å². The number of hydrogen-bond acceptors (Lipinski definition) is 7. The monoisotopic (exact) mass is 482 g/mol. The third-order valence-electron chi connectivity index (χ3n) is 5.77. The lowest BCUT2D eigenvalue weighted by molar-refractivity contribution is 0.0751. The van der Waals surface area contributed by atoms with Gasteiger partial charge in [-0.3, -0.25) is 9.48 Å². The Hall–Kier alpha value is -3.17. The summed E-state index contributed by atoms with van der Waals surface area (Å²) in [5, 5.41) is 6.39. The van der Waals surface area contributed by atoms with Gasteiger partial charge in [-0.1, -0.05) is 29.8 Å². The van der Waals surface area contributed by atoms with Crippen LogP contribution in [0.5, 0.6) is 5.88 Å². The molecule has 0 bridgehead atoms. The molecule has 4 heterocycles. The predicted octanol–water partition coefficient (Wildman–Crippen LogP) is 3.87. The van der Waals surface area contributed by atoms with Crippen LogP contribution >= 0.6 is 22.9 Å². The van der Waals surface area contributed by atoms with Crippen molar-refractivity contribution in [3.05, 3.63) is 63.8 Å². The average Bonchev–Trinajstić information content (AvgIpc) is 3.41. The molecule has 4 aromatic rings. The van der Waals surface area contributed by atoms with E-state index in [0.717, 1.165) is 26.4 Å². The molecule has 5 rings (SSSR count). The van der Waals surface area contributed by atoms with Crippen LogP contribution in [0.1, 0.15) is 20.9 Å². The fraction of sp³-hybridized carbons (Fsp3) is 0.304. The second kappa shape index (κ2) is 8.99. The number of benzene rings is 1. The summed E-state index contributed by atoms with van der Waals surface area (Å²) in [5.41, 5.74) is 1.91. The van der Waals surface area contributed by atoms with Crippen LogP contribution < -0.4 is 9.64 Å². The highest BCUT2D eigenvalue weighted by Gasteiger charge is 2.26. The van der Waals surface area contributed by atoms with Gasteiger partial charge in [-0.25, -0.2) is 4.98 Å². The van der Waals surface area contributed by atoms with E-state index in [1.54, 1.807) is 19.4 Å². The Bertz CT molecular complexity index is 1310. The number of halogens is 1. The molecular formula is C23H23ClN6O2S. The van der Waals surface area contributed by atoms with E-state index >= 15 is 0 Å². The van der Waals surface area contributed by atoms with E-state index in [4.69, 9.17) is 16.3 Å². The van der Waals surface area contributed by atoms with Crippen molar-refractivity contribution >= 4 is 45.0 Å². The van der Waals surface area contributed by atoms with E-state index in [1.807, 2.05) is 46.8 Å². The van der Waals surface area contributed by atoms with E-state index in [-0.39, 0.29) is 5.91 Å². The molecule has 10 heteroatoms. The quantitative estimate of drug-likeness (QED) is 0.430. The number of piperazine rings is 1. The maximum Gasteiger partial charge on any atom is 0.264 e. The minimum Gasteiger partial charge on any atom is -0.481 e. The third-order valence-corrected chi connectivity index (χ3v) is 7.28. The first-order valence-corrected chi connectivity index (χ1v) is 11.8. The van der Waals surface area contributed by atoms with Crippen molar-refractivity contribution in [3.63, 3.8) is 0 Å². The Balaban J connectivity index is 1.31. The Morgan fingerprint density at radius 1 is 1.18 bits per heavy atom. The molecule has 0 atom stereocenters. The van der Waals surface area contributed by atoms with Crippen molar-refractivity contribution in [2.75, 3.05) is 38.2 Å². The summed E-state index contributed by atoms with van der Waals surface area (Å²) >= 11 is 7.83. The maximum atomic E-state index is 13.3. The summed E-state index contributed by atoms with van der Waals surface area (Å²) in [6, 6.07) is 11.4. The van der Waals surface area contributed by atoms with E-state index < -0.39 is 0 Å². The lowest BCUT2D eigenvalue weighted by atomic mass is 10.2. The molecule has 1 aliphatic rings. The smallest absolute Gasteiger partial charge is 0.264 e. The predicted molar refractivity (Wildman–Crippen MR) is 130 cm³/mol. The first kappa shape index (κ1) is 21.7. The molecule has 1 fully saturated rings. The first-order valence-electron chi connectivity index (χ1n) is 10.6. The zero-order valence-corrected chi connectivity index (χ0v) is 19.9. The number of carbonyl (C=O) groups excluding carboxylic acids is 1. The van der Waals surface area contributed by atoms with Crippen LogP contribution in [-0.2, 0) is 6.54 Å². The van der Waals surface area contributed by atoms with E-state index in [9.17, 15) is 4.79 Å². The lowest BCUT2D eigenvalue weighted by Gasteiger charge is -2.34. The van der Waals surface area contributed by atoms with Gasteiger partial charge in [0.2, 0.25) is 11.8 Å². The van der Waals surface area contributed by atoms with Gasteiger partial charge < -0.3 is 14.5 Å². The minimum absolute atomic E-state index is 0.0473. The summed E-state index contributed by atoms with van der Waals surface area (Å²) in [5.74, 6) is 1.20. The first-order chi connectivity index (χ1) is 16.0. The number of aryl methyl sites for hydroxylation is 1. The number of hydrogen-bond donors (Lipinski definition) is 0. The second-order valence-corrected chi connectivity index (χ2v) is 9.28. The van der Waals surface area contributed by atoms with Crippen molar-refractivity contribution in [1.29, 1.82) is 0 Å². The van der Waals surface area contributed by atoms with Crippen LogP contribution in [0.15, 0.2) is 42.6 Å². The van der Waals surface area contributed by atoms with Gasteiger partial charge >= 0.3 is 0 Å². The number of methoxy groups -OCH3 is 1. The van der Waals surface area contributed by atoms with Gasteiger partial charge in [0.1, 0.15) is 4.83 Å². The Labute approximate surface area is 200 Å². The van der Waals surface area contributed by atoms with Crippen LogP contribution in [0.25, 0.3) is 10.2 Å². The summed E-state index contributed by atoms with van der Waals surface area (Å²) in [6.45, 7) is 5.10. The summed E-state index contributed by atoms with van der Waals surface area (Å²) < 4.78 is 7.13. The van der Waals surface area contributed by atoms with Crippen LogP contribution in [-0.4, -0.2) is 63.8 Å². The SMILES string of the molecule is COc1ccnc(N2CCN(C(=O)c3cc4c(C)nn(Cc5ccccc5Cl)c4s3)CC2)n1. The Morgan fingerprint density at radius 2 is 1.97 bits per heavy atom. The second-order valence-electron chi connectivity index (χ2n) is 7.84. The molecule has 0 N–H and O–H groups in total. The summed E-state index contributed by atoms with van der Waals surface area (Å²) in [7, 11) is 1.59. The molecule has 1 saturated heterocycles. The highest BCUT2D eigenvalue weighted by atomic mass is 35.5. The number of rotatable bonds is 5. The molecular weight excluding hydrogens is 460 g/mol. The number of fused-ring (bicyclic) bond motifs is 1. The summed E-state index contributed by atoms with van der Waals surface area (Å²) in [6.07, 6.45) is 1.68. The molecule has 0 unspecified atom stereocenters. The third kappa shape index (κ3) is 4.26. The zero-order chi connectivity index (χ0) is 22.9. The Kier molecular flexibility index (Phi) is 5.90. The van der Waals surface area contributed by atoms with E-state index in [1.165, 1.54) is 11.3 Å². The molecule has 1 amide bonds. The summed E-state index contributed by atoms with van der Waals surface area (Å²) in [4.78, 5) is 27.7. The van der Waals surface area contributed by atoms with Gasteiger partial charge in [0.25, 0.3) is 5.91 Å². The van der Waals surface area contributed by atoms with Crippen molar-refractivity contribution in [3.8, 4) is 5.88 Å². The van der Waals surface area contributed by atoms with E-state index in [2.05, 4.69) is 20.0 Å². The van der Waals surface area contributed by atoms with Crippen LogP contribution in [0.3, 0.4) is 0 Å². The Morgan fingerprint density at radius 3 is 2.73 bits per heavy atom. The molecule has 170 valence electrons. The normalized spacial score (nSPS) is 14.2. The topological polar surface area (TPSA) is 76.4 Å². The number of carbonyl (C=O) groups is 1. The molecule has 1 aliphatic heterocycles. The number of aromatic nitrogens is 4. The number of anilines is 1. The maximum absolute atomic E-state index is 13.3. The average molecular weight is 483 g/mol. The molecule has 0 aliphatic carbocycles. The standard InChI is InChI=1S/C23H23ClN6O2S/c1-15-17-13-19(33-22(17)30(27-15)14-16-5-3-4-6-18(16)24)21(31)28-9-11-29(12-10-28)23-25-8-7-20(26-23)32-2/h3-8,13H,9-12,14H2,1-2H3. The molecule has 1 aromatic carbocycles. The van der Waals surface area contributed by atoms with E-state index in [0.29, 0.717) is 49.6 Å². The fourth-order valence-corrected chi connectivity index (χ4v) is 5.30. The van der Waals surface area contributed by atoms with Crippen molar-refractivity contribution in [1.82, 2.24) is 24.6 Å². The largest absolute Gasteiger partial charge is 0.481 e. The lowest BCUT2D eigenvalue weighted by Crippen LogP contribution is -2.49. The van der Waals surface area contributed by atoms with Crippen molar-refractivity contribution in [2.45, 2.75) is 13.5 Å². The number of thiophene rings is 1. The molecule has 8 nitrogen and oxygen atoms in total. The molecule has 33 heavy (non-hydrogen) atoms. The van der Waals surface area contributed by atoms with Gasteiger partial charge in [0.15, 0.2) is 0 Å². The molecule has 0 radical (unpaired) electrons. The van der Waals surface area contributed by atoms with Crippen LogP contribution in [0, 0.1) is 6.92 Å². The molecule has 0 spiro atoms. The van der Waals surface area contributed by atoms with Gasteiger partial charge in [0, 0.05) is 48.9 Å². The van der Waals surface area contributed by atoms with Crippen LogP contribution in [0.2, 0.25) is 5.02 Å². The highest BCUT2D eigenvalue weighted by Crippen LogP contribution is 2.31.